The molecule has 1 aliphatic carbocycles. The summed E-state index contributed by atoms with van der Waals surface area (Å²) >= 11 is 0. The molecule has 1 N–H and O–H groups in total. The number of methoxy groups -OCH3 is 2. The topological polar surface area (TPSA) is 93.1 Å². The molecule has 172 valence electrons. The first-order valence-electron chi connectivity index (χ1n) is 10.8. The first-order chi connectivity index (χ1) is 16.3. The third kappa shape index (κ3) is 2.58. The zero-order valence-electron chi connectivity index (χ0n) is 19.0. The fourth-order valence-corrected chi connectivity index (χ4v) is 5.35. The second kappa shape index (κ2) is 7.53. The van der Waals surface area contributed by atoms with E-state index >= 15 is 0 Å². The molecule has 7 nitrogen and oxygen atoms in total. The maximum Gasteiger partial charge on any atom is 0.241 e. The standard InChI is InChI=1S/C27H23NO6/c1-28-21-11-7-6-10-20(21)26(25(28)31,15-16-14-17(33-2)12-13-22(16)34-3)27(32)23(29)18-8-4-5-9-19(18)24(27)30/h4-14,32H,15H2,1-3H3. The summed E-state index contributed by atoms with van der Waals surface area (Å²) in [4.78, 5) is 43.0. The molecule has 3 aromatic carbocycles. The van der Waals surface area contributed by atoms with Crippen molar-refractivity contribution in [1.29, 1.82) is 0 Å². The Morgan fingerprint density at radius 2 is 1.47 bits per heavy atom. The second-order valence-electron chi connectivity index (χ2n) is 8.56. The monoisotopic (exact) mass is 457 g/mol. The fourth-order valence-electron chi connectivity index (χ4n) is 5.35. The van der Waals surface area contributed by atoms with Gasteiger partial charge in [-0.3, -0.25) is 14.4 Å². The Labute approximate surface area is 196 Å². The Kier molecular flexibility index (Phi) is 4.84. The number of fused-ring (bicyclic) bond motifs is 2. The lowest BCUT2D eigenvalue weighted by molar-refractivity contribution is -0.129. The predicted octanol–water partition coefficient (Wildman–Crippen LogP) is 2.97. The van der Waals surface area contributed by atoms with Crippen LogP contribution in [0.5, 0.6) is 11.5 Å². The SMILES string of the molecule is COc1ccc(OC)c(CC2(C3(O)C(=O)c4ccccc4C3=O)C(=O)N(C)c3ccccc32)c1. The lowest BCUT2D eigenvalue weighted by Crippen LogP contribution is -2.64. The highest BCUT2D eigenvalue weighted by Gasteiger charge is 2.71. The normalized spacial score (nSPS) is 20.4. The number of ketones is 2. The van der Waals surface area contributed by atoms with E-state index in [1.165, 1.54) is 31.3 Å². The summed E-state index contributed by atoms with van der Waals surface area (Å²) in [6, 6.07) is 18.3. The van der Waals surface area contributed by atoms with E-state index < -0.39 is 28.5 Å². The number of benzene rings is 3. The largest absolute Gasteiger partial charge is 0.497 e. The molecule has 1 heterocycles. The van der Waals surface area contributed by atoms with Gasteiger partial charge in [0.15, 0.2) is 0 Å². The minimum absolute atomic E-state index is 0.104. The predicted molar refractivity (Wildman–Crippen MR) is 125 cm³/mol. The molecular weight excluding hydrogens is 434 g/mol. The molecule has 0 saturated heterocycles. The van der Waals surface area contributed by atoms with Crippen LogP contribution in [0.15, 0.2) is 66.7 Å². The van der Waals surface area contributed by atoms with Gasteiger partial charge in [0.05, 0.1) is 14.2 Å². The number of para-hydroxylation sites is 1. The van der Waals surface area contributed by atoms with Crippen molar-refractivity contribution in [2.75, 3.05) is 26.2 Å². The highest BCUT2D eigenvalue weighted by atomic mass is 16.5. The zero-order chi connectivity index (χ0) is 24.3. The maximum atomic E-state index is 14.1. The molecule has 7 heteroatoms. The number of rotatable bonds is 5. The van der Waals surface area contributed by atoms with E-state index in [2.05, 4.69) is 0 Å². The summed E-state index contributed by atoms with van der Waals surface area (Å²) in [5.74, 6) is -1.16. The fraction of sp³-hybridized carbons (Fsp3) is 0.222. The van der Waals surface area contributed by atoms with Gasteiger partial charge < -0.3 is 19.5 Å². The van der Waals surface area contributed by atoms with Crippen molar-refractivity contribution < 1.29 is 29.0 Å². The van der Waals surface area contributed by atoms with Crippen molar-refractivity contribution >= 4 is 23.2 Å². The van der Waals surface area contributed by atoms with Crippen LogP contribution in [0, 0.1) is 0 Å². The van der Waals surface area contributed by atoms with Crippen LogP contribution in [0.4, 0.5) is 5.69 Å². The Bertz CT molecular complexity index is 1330. The van der Waals surface area contributed by atoms with Gasteiger partial charge in [-0.2, -0.15) is 0 Å². The molecule has 0 bridgehead atoms. The lowest BCUT2D eigenvalue weighted by Gasteiger charge is -2.39. The van der Waals surface area contributed by atoms with Gasteiger partial charge in [-0.1, -0.05) is 42.5 Å². The van der Waals surface area contributed by atoms with Crippen molar-refractivity contribution in [2.45, 2.75) is 17.4 Å². The van der Waals surface area contributed by atoms with E-state index in [4.69, 9.17) is 9.47 Å². The number of hydrogen-bond donors (Lipinski definition) is 1. The van der Waals surface area contributed by atoms with Gasteiger partial charge in [-0.15, -0.1) is 0 Å². The average Bonchev–Trinajstić information content (AvgIpc) is 3.21. The van der Waals surface area contributed by atoms with Gasteiger partial charge in [0.25, 0.3) is 0 Å². The summed E-state index contributed by atoms with van der Waals surface area (Å²) in [6.45, 7) is 0. The molecule has 0 fully saturated rings. The minimum atomic E-state index is -2.64. The molecule has 2 aliphatic rings. The van der Waals surface area contributed by atoms with Crippen LogP contribution in [0.1, 0.15) is 31.8 Å². The van der Waals surface area contributed by atoms with Crippen molar-refractivity contribution in [3.63, 3.8) is 0 Å². The number of nitrogens with zero attached hydrogens (tertiary/aromatic N) is 1. The van der Waals surface area contributed by atoms with Crippen molar-refractivity contribution in [1.82, 2.24) is 0 Å². The maximum absolute atomic E-state index is 14.1. The Balaban J connectivity index is 1.83. The van der Waals surface area contributed by atoms with Crippen molar-refractivity contribution in [2.24, 2.45) is 0 Å². The summed E-state index contributed by atoms with van der Waals surface area (Å²) < 4.78 is 10.9. The first kappa shape index (κ1) is 21.9. The molecule has 1 atom stereocenters. The molecule has 34 heavy (non-hydrogen) atoms. The van der Waals surface area contributed by atoms with Crippen LogP contribution in [0.3, 0.4) is 0 Å². The van der Waals surface area contributed by atoms with Gasteiger partial charge in [0.2, 0.25) is 23.1 Å². The zero-order valence-corrected chi connectivity index (χ0v) is 19.0. The molecule has 5 rings (SSSR count). The number of Topliss-reactive ketones (excluding diaryl/α,β-unsaturated/α-hetero) is 2. The summed E-state index contributed by atoms with van der Waals surface area (Å²) in [5, 5.41) is 12.2. The molecule has 0 saturated carbocycles. The summed E-state index contributed by atoms with van der Waals surface area (Å²) in [6.07, 6.45) is -0.157. The quantitative estimate of drug-likeness (QED) is 0.592. The molecule has 0 aromatic heterocycles. The molecular formula is C27H23NO6. The Hall–Kier alpha value is -3.97. The van der Waals surface area contributed by atoms with E-state index in [1.54, 1.807) is 61.6 Å². The average molecular weight is 457 g/mol. The van der Waals surface area contributed by atoms with Crippen LogP contribution in [-0.4, -0.2) is 49.4 Å². The first-order valence-corrected chi connectivity index (χ1v) is 10.8. The molecule has 1 amide bonds. The van der Waals surface area contributed by atoms with E-state index in [0.717, 1.165) is 0 Å². The number of ether oxygens (including phenoxy) is 2. The van der Waals surface area contributed by atoms with Crippen LogP contribution in [0.2, 0.25) is 0 Å². The highest BCUT2D eigenvalue weighted by Crippen LogP contribution is 2.54. The van der Waals surface area contributed by atoms with Gasteiger partial charge in [-0.25, -0.2) is 0 Å². The number of carbonyl (C=O) groups excluding carboxylic acids is 3. The van der Waals surface area contributed by atoms with Crippen molar-refractivity contribution in [3.8, 4) is 11.5 Å². The Morgan fingerprint density at radius 3 is 2.09 bits per heavy atom. The summed E-state index contributed by atoms with van der Waals surface area (Å²) in [7, 11) is 4.58. The van der Waals surface area contributed by atoms with Gasteiger partial charge in [0, 0.05) is 23.9 Å². The molecule has 0 radical (unpaired) electrons. The molecule has 1 unspecified atom stereocenters. The minimum Gasteiger partial charge on any atom is -0.497 e. The van der Waals surface area contributed by atoms with Crippen LogP contribution in [0.25, 0.3) is 0 Å². The van der Waals surface area contributed by atoms with Gasteiger partial charge in [0.1, 0.15) is 16.9 Å². The number of aliphatic hydroxyl groups is 1. The number of likely N-dealkylation sites (N-methyl/N-ethyl adjacent to an activating group) is 1. The molecule has 0 spiro atoms. The van der Waals surface area contributed by atoms with Crippen molar-refractivity contribution in [3.05, 3.63) is 89.0 Å². The third-order valence-corrected chi connectivity index (χ3v) is 7.03. The molecule has 1 aliphatic heterocycles. The number of amides is 1. The molecule has 3 aromatic rings. The van der Waals surface area contributed by atoms with Crippen LogP contribution >= 0.6 is 0 Å². The second-order valence-corrected chi connectivity index (χ2v) is 8.56. The summed E-state index contributed by atoms with van der Waals surface area (Å²) in [5.41, 5.74) is -2.89. The third-order valence-electron chi connectivity index (χ3n) is 7.03. The smallest absolute Gasteiger partial charge is 0.241 e. The highest BCUT2D eigenvalue weighted by molar-refractivity contribution is 6.36. The number of carbonyl (C=O) groups is 3. The van der Waals surface area contributed by atoms with E-state index in [0.29, 0.717) is 28.3 Å². The Morgan fingerprint density at radius 1 is 0.853 bits per heavy atom. The van der Waals surface area contributed by atoms with Gasteiger partial charge in [-0.05, 0) is 41.8 Å². The lowest BCUT2D eigenvalue weighted by atomic mass is 9.62. The van der Waals surface area contributed by atoms with E-state index in [9.17, 15) is 19.5 Å². The van der Waals surface area contributed by atoms with Gasteiger partial charge >= 0.3 is 0 Å². The number of anilines is 1. The van der Waals surface area contributed by atoms with E-state index in [-0.39, 0.29) is 17.5 Å². The van der Waals surface area contributed by atoms with Crippen LogP contribution in [-0.2, 0) is 16.6 Å². The van der Waals surface area contributed by atoms with E-state index in [1.807, 2.05) is 0 Å². The van der Waals surface area contributed by atoms with Crippen LogP contribution < -0.4 is 14.4 Å². The number of hydrogen-bond acceptors (Lipinski definition) is 6.